The molecule has 1 N–H and O–H groups in total. The van der Waals surface area contributed by atoms with Crippen molar-refractivity contribution in [3.63, 3.8) is 0 Å². The number of nitrogens with zero attached hydrogens (tertiary/aromatic N) is 4. The minimum absolute atomic E-state index is 0.0606. The van der Waals surface area contributed by atoms with E-state index in [-0.39, 0.29) is 17.2 Å². The second-order valence-corrected chi connectivity index (χ2v) is 6.44. The Morgan fingerprint density at radius 3 is 2.88 bits per heavy atom. The molecule has 0 aliphatic carbocycles. The lowest BCUT2D eigenvalue weighted by Gasteiger charge is -2.32. The van der Waals surface area contributed by atoms with Gasteiger partial charge in [-0.3, -0.25) is 14.5 Å². The number of aryl methyl sites for hydroxylation is 1. The highest BCUT2D eigenvalue weighted by Gasteiger charge is 2.25. The van der Waals surface area contributed by atoms with Gasteiger partial charge in [-0.1, -0.05) is 12.1 Å². The number of hydrogen-bond acceptors (Lipinski definition) is 5. The molecule has 2 aromatic heterocycles. The normalized spacial score (nSPS) is 15.9. The predicted octanol–water partition coefficient (Wildman–Crippen LogP) is 1.14. The molecule has 1 aliphatic heterocycles. The molecule has 25 heavy (non-hydrogen) atoms. The van der Waals surface area contributed by atoms with Gasteiger partial charge in [0.1, 0.15) is 5.82 Å². The Morgan fingerprint density at radius 2 is 2.04 bits per heavy atom. The Morgan fingerprint density at radius 1 is 1.24 bits per heavy atom. The van der Waals surface area contributed by atoms with Crippen molar-refractivity contribution < 1.29 is 0 Å². The van der Waals surface area contributed by atoms with Crippen molar-refractivity contribution in [2.45, 2.75) is 25.9 Å². The zero-order valence-corrected chi connectivity index (χ0v) is 14.2. The van der Waals surface area contributed by atoms with Gasteiger partial charge >= 0.3 is 0 Å². The molecule has 4 rings (SSSR count). The molecule has 0 spiro atoms. The number of fused-ring (bicyclic) bond motifs is 2. The summed E-state index contributed by atoms with van der Waals surface area (Å²) in [5.41, 5.74) is 2.38. The lowest BCUT2D eigenvalue weighted by molar-refractivity contribution is 0.182. The molecular formula is C18H19N5O2. The molecular weight excluding hydrogens is 318 g/mol. The molecule has 7 heteroatoms. The highest BCUT2D eigenvalue weighted by Crippen LogP contribution is 2.24. The van der Waals surface area contributed by atoms with Crippen molar-refractivity contribution in [3.8, 4) is 0 Å². The maximum Gasteiger partial charge on any atom is 0.266 e. The Balaban J connectivity index is 1.67. The fourth-order valence-corrected chi connectivity index (χ4v) is 3.32. The van der Waals surface area contributed by atoms with E-state index < -0.39 is 0 Å². The quantitative estimate of drug-likeness (QED) is 0.758. The second kappa shape index (κ2) is 5.93. The van der Waals surface area contributed by atoms with Gasteiger partial charge in [0.15, 0.2) is 0 Å². The summed E-state index contributed by atoms with van der Waals surface area (Å²) < 4.78 is 1.38. The molecule has 0 radical (unpaired) electrons. The van der Waals surface area contributed by atoms with Crippen LogP contribution in [-0.2, 0) is 20.0 Å². The fourth-order valence-electron chi connectivity index (χ4n) is 3.32. The summed E-state index contributed by atoms with van der Waals surface area (Å²) in [5, 5.41) is 4.93. The van der Waals surface area contributed by atoms with E-state index in [4.69, 9.17) is 0 Å². The largest absolute Gasteiger partial charge is 0.309 e. The van der Waals surface area contributed by atoms with Crippen molar-refractivity contribution in [1.29, 1.82) is 0 Å². The number of aromatic amines is 1. The van der Waals surface area contributed by atoms with Gasteiger partial charge in [0.2, 0.25) is 0 Å². The summed E-state index contributed by atoms with van der Waals surface area (Å²) in [7, 11) is 1.67. The number of rotatable bonds is 2. The van der Waals surface area contributed by atoms with E-state index in [0.29, 0.717) is 23.3 Å². The Bertz CT molecular complexity index is 1070. The molecule has 0 amide bonds. The van der Waals surface area contributed by atoms with Gasteiger partial charge in [0.05, 0.1) is 22.6 Å². The van der Waals surface area contributed by atoms with Crippen LogP contribution in [0.2, 0.25) is 0 Å². The summed E-state index contributed by atoms with van der Waals surface area (Å²) >= 11 is 0. The number of nitrogens with one attached hydrogen (secondary N) is 1. The third-order valence-corrected chi connectivity index (χ3v) is 4.84. The van der Waals surface area contributed by atoms with Crippen LogP contribution in [0.25, 0.3) is 10.9 Å². The summed E-state index contributed by atoms with van der Waals surface area (Å²) in [6, 6.07) is 8.92. The van der Waals surface area contributed by atoms with Crippen LogP contribution in [0.3, 0.4) is 0 Å². The van der Waals surface area contributed by atoms with Gasteiger partial charge in [-0.2, -0.15) is 5.10 Å². The molecule has 1 aromatic carbocycles. The molecule has 0 saturated heterocycles. The molecule has 1 aliphatic rings. The van der Waals surface area contributed by atoms with Gasteiger partial charge in [0.25, 0.3) is 11.1 Å². The Kier molecular flexibility index (Phi) is 3.73. The van der Waals surface area contributed by atoms with Crippen LogP contribution in [0.1, 0.15) is 30.0 Å². The Labute approximate surface area is 143 Å². The van der Waals surface area contributed by atoms with Gasteiger partial charge in [0, 0.05) is 32.6 Å². The van der Waals surface area contributed by atoms with Crippen molar-refractivity contribution >= 4 is 10.9 Å². The van der Waals surface area contributed by atoms with Crippen LogP contribution in [-0.4, -0.2) is 31.2 Å². The molecule has 3 aromatic rings. The van der Waals surface area contributed by atoms with E-state index in [1.165, 1.54) is 4.68 Å². The number of para-hydroxylation sites is 1. The van der Waals surface area contributed by atoms with Crippen molar-refractivity contribution in [3.05, 3.63) is 68.1 Å². The zero-order chi connectivity index (χ0) is 17.6. The van der Waals surface area contributed by atoms with Crippen LogP contribution in [0.5, 0.6) is 0 Å². The Hall–Kier alpha value is -2.80. The first-order valence-corrected chi connectivity index (χ1v) is 8.32. The van der Waals surface area contributed by atoms with Crippen LogP contribution in [0.4, 0.5) is 0 Å². The lowest BCUT2D eigenvalue weighted by Crippen LogP contribution is -2.37. The van der Waals surface area contributed by atoms with Crippen LogP contribution >= 0.6 is 0 Å². The van der Waals surface area contributed by atoms with E-state index in [1.54, 1.807) is 19.2 Å². The minimum Gasteiger partial charge on any atom is -0.309 e. The summed E-state index contributed by atoms with van der Waals surface area (Å²) in [6.07, 6.45) is 0.769. The third kappa shape index (κ3) is 2.76. The molecule has 0 bridgehead atoms. The van der Waals surface area contributed by atoms with E-state index in [0.717, 1.165) is 24.2 Å². The highest BCUT2D eigenvalue weighted by atomic mass is 16.1. The van der Waals surface area contributed by atoms with Crippen LogP contribution in [0.15, 0.2) is 39.9 Å². The molecule has 1 atom stereocenters. The standard InChI is InChI=1S/C18H19N5O2/c1-11(17-19-15-6-4-3-5-13(15)18(25)20-17)23-8-7-14-12(10-23)9-16(24)22(2)21-14/h3-6,9,11H,7-8,10H2,1-2H3,(H,19,20,25). The minimum atomic E-state index is -0.125. The maximum absolute atomic E-state index is 12.3. The second-order valence-electron chi connectivity index (χ2n) is 6.44. The van der Waals surface area contributed by atoms with Gasteiger partial charge < -0.3 is 4.98 Å². The maximum atomic E-state index is 12.3. The fraction of sp³-hybridized carbons (Fsp3) is 0.333. The number of aromatic nitrogens is 4. The highest BCUT2D eigenvalue weighted by molar-refractivity contribution is 5.77. The number of H-pyrrole nitrogens is 1. The average Bonchev–Trinajstić information content (AvgIpc) is 2.61. The molecule has 7 nitrogen and oxygen atoms in total. The molecule has 3 heterocycles. The summed E-state index contributed by atoms with van der Waals surface area (Å²) in [4.78, 5) is 33.9. The van der Waals surface area contributed by atoms with E-state index in [1.807, 2.05) is 25.1 Å². The molecule has 0 saturated carbocycles. The smallest absolute Gasteiger partial charge is 0.266 e. The van der Waals surface area contributed by atoms with E-state index >= 15 is 0 Å². The summed E-state index contributed by atoms with van der Waals surface area (Å²) in [5.74, 6) is 0.643. The number of hydrogen-bond donors (Lipinski definition) is 1. The van der Waals surface area contributed by atoms with Crippen molar-refractivity contribution in [2.75, 3.05) is 6.54 Å². The zero-order valence-electron chi connectivity index (χ0n) is 14.2. The molecule has 1 unspecified atom stereocenters. The first-order valence-electron chi connectivity index (χ1n) is 8.32. The summed E-state index contributed by atoms with van der Waals surface area (Å²) in [6.45, 7) is 3.44. The van der Waals surface area contributed by atoms with Crippen molar-refractivity contribution in [1.82, 2.24) is 24.6 Å². The SMILES string of the molecule is CC(c1nc2ccccc2c(=O)[nH]1)N1CCc2nn(C)c(=O)cc2C1. The lowest BCUT2D eigenvalue weighted by atomic mass is 10.0. The van der Waals surface area contributed by atoms with E-state index in [9.17, 15) is 9.59 Å². The monoisotopic (exact) mass is 337 g/mol. The average molecular weight is 337 g/mol. The first kappa shape index (κ1) is 15.7. The van der Waals surface area contributed by atoms with Gasteiger partial charge in [-0.15, -0.1) is 0 Å². The van der Waals surface area contributed by atoms with Crippen LogP contribution in [0, 0.1) is 0 Å². The van der Waals surface area contributed by atoms with Crippen LogP contribution < -0.4 is 11.1 Å². The predicted molar refractivity (Wildman–Crippen MR) is 94.4 cm³/mol. The van der Waals surface area contributed by atoms with Gasteiger partial charge in [-0.25, -0.2) is 9.67 Å². The molecule has 128 valence electrons. The molecule has 0 fully saturated rings. The van der Waals surface area contributed by atoms with E-state index in [2.05, 4.69) is 20.0 Å². The third-order valence-electron chi connectivity index (χ3n) is 4.84. The topological polar surface area (TPSA) is 83.9 Å². The van der Waals surface area contributed by atoms with Gasteiger partial charge in [-0.05, 0) is 24.6 Å². The number of benzene rings is 1. The first-order chi connectivity index (χ1) is 12.0. The van der Waals surface area contributed by atoms with Crippen molar-refractivity contribution in [2.24, 2.45) is 7.05 Å².